The van der Waals surface area contributed by atoms with Crippen LogP contribution in [0.5, 0.6) is 0 Å². The van der Waals surface area contributed by atoms with Crippen LogP contribution in [-0.4, -0.2) is 13.2 Å². The van der Waals surface area contributed by atoms with Gasteiger partial charge in [0.15, 0.2) is 0 Å². The third-order valence-corrected chi connectivity index (χ3v) is 1.18. The molecule has 9 heavy (non-hydrogen) atoms. The van der Waals surface area contributed by atoms with Gasteiger partial charge in [-0.25, -0.2) is 11.9 Å². The molecule has 0 N–H and O–H groups in total. The molecule has 0 aliphatic carbocycles. The molecule has 2 heteroatoms. The van der Waals surface area contributed by atoms with Gasteiger partial charge >= 0.3 is 0 Å². The minimum absolute atomic E-state index is 0.208. The van der Waals surface area contributed by atoms with Crippen LogP contribution in [0.4, 0.5) is 0 Å². The van der Waals surface area contributed by atoms with E-state index in [4.69, 9.17) is 4.65 Å². The second kappa shape index (κ2) is 3.28. The predicted molar refractivity (Wildman–Crippen MR) is 39.5 cm³/mol. The molecule has 0 radical (unpaired) electrons. The van der Waals surface area contributed by atoms with Crippen LogP contribution in [0, 0.1) is 0 Å². The molecule has 48 valence electrons. The lowest BCUT2D eigenvalue weighted by molar-refractivity contribution is 0.431. The van der Waals surface area contributed by atoms with Crippen molar-refractivity contribution in [2.45, 2.75) is 6.92 Å². The normalized spacial score (nSPS) is 9.00. The van der Waals surface area contributed by atoms with Gasteiger partial charge in [-0.15, -0.1) is 12.1 Å². The number of hydrogen-bond acceptors (Lipinski definition) is 1. The van der Waals surface area contributed by atoms with E-state index in [0.29, 0.717) is 0 Å². The number of rotatable bonds is 2. The Bertz CT molecular complexity index is 162. The lowest BCUT2D eigenvalue weighted by atomic mass is 9.86. The van der Waals surface area contributed by atoms with E-state index in [9.17, 15) is 0 Å². The topological polar surface area (TPSA) is 9.23 Å². The average Bonchev–Trinajstić information content (AvgIpc) is 1.91. The molecular formula is C7H10BO-. The van der Waals surface area contributed by atoms with E-state index in [-0.39, 0.29) is 6.55 Å². The van der Waals surface area contributed by atoms with Crippen molar-refractivity contribution in [3.05, 3.63) is 30.1 Å². The number of hydrogen-bond donors (Lipinski definition) is 0. The minimum Gasteiger partial charge on any atom is -0.749 e. The van der Waals surface area contributed by atoms with Crippen molar-refractivity contribution >= 4 is 6.55 Å². The van der Waals surface area contributed by atoms with Crippen LogP contribution in [0.3, 0.4) is 0 Å². The highest BCUT2D eigenvalue weighted by Crippen LogP contribution is 1.82. The molecule has 0 fully saturated rings. The molecule has 0 aliphatic heterocycles. The maximum Gasteiger partial charge on any atom is 0.0592 e. The zero-order valence-electron chi connectivity index (χ0n) is 5.58. The molecule has 0 atom stereocenters. The molecule has 0 unspecified atom stereocenters. The van der Waals surface area contributed by atoms with Gasteiger partial charge in [0.05, 0.1) is 6.55 Å². The highest BCUT2D eigenvalue weighted by molar-refractivity contribution is 6.43. The molecule has 0 aliphatic rings. The first-order valence-electron chi connectivity index (χ1n) is 3.23. The largest absolute Gasteiger partial charge is 0.749 e. The van der Waals surface area contributed by atoms with Gasteiger partial charge in [-0.05, 0) is 6.92 Å². The minimum atomic E-state index is 0.208. The fourth-order valence-corrected chi connectivity index (χ4v) is 0.779. The van der Waals surface area contributed by atoms with Crippen molar-refractivity contribution in [3.63, 3.8) is 0 Å². The molecule has 0 saturated carbocycles. The van der Waals surface area contributed by atoms with Crippen molar-refractivity contribution in [2.75, 3.05) is 6.61 Å². The van der Waals surface area contributed by atoms with Crippen molar-refractivity contribution in [2.24, 2.45) is 0 Å². The van der Waals surface area contributed by atoms with Crippen LogP contribution < -0.4 is 4.65 Å². The summed E-state index contributed by atoms with van der Waals surface area (Å²) in [5.41, 5.74) is 0. The molecule has 0 aromatic carbocycles. The highest BCUT2D eigenvalue weighted by Gasteiger charge is 1.72. The summed E-state index contributed by atoms with van der Waals surface area (Å²) in [6, 6.07) is 6.00. The molecule has 1 heterocycles. The van der Waals surface area contributed by atoms with Gasteiger partial charge in [0, 0.05) is 6.61 Å². The third-order valence-electron chi connectivity index (χ3n) is 1.18. The van der Waals surface area contributed by atoms with Crippen LogP contribution in [0.25, 0.3) is 0 Å². The van der Waals surface area contributed by atoms with E-state index in [1.54, 1.807) is 0 Å². The van der Waals surface area contributed by atoms with Gasteiger partial charge in [-0.1, -0.05) is 6.07 Å². The van der Waals surface area contributed by atoms with Crippen molar-refractivity contribution < 1.29 is 4.65 Å². The lowest BCUT2D eigenvalue weighted by Gasteiger charge is -2.13. The fourth-order valence-electron chi connectivity index (χ4n) is 0.779. The summed E-state index contributed by atoms with van der Waals surface area (Å²) < 4.78 is 5.29. The third kappa shape index (κ3) is 1.88. The van der Waals surface area contributed by atoms with E-state index >= 15 is 0 Å². The Labute approximate surface area is 55.7 Å². The van der Waals surface area contributed by atoms with E-state index in [1.807, 2.05) is 37.0 Å². The van der Waals surface area contributed by atoms with Crippen LogP contribution in [0.2, 0.25) is 0 Å². The molecule has 0 saturated heterocycles. The summed E-state index contributed by atoms with van der Waals surface area (Å²) in [7, 11) is 0. The summed E-state index contributed by atoms with van der Waals surface area (Å²) in [6.45, 7) is 2.99. The molecule has 1 aromatic heterocycles. The Morgan fingerprint density at radius 2 is 1.89 bits per heavy atom. The Kier molecular flexibility index (Phi) is 2.31. The molecule has 1 aromatic rings. The monoisotopic (exact) mass is 121 g/mol. The second-order valence-electron chi connectivity index (χ2n) is 1.88. The highest BCUT2D eigenvalue weighted by atomic mass is 16.4. The quantitative estimate of drug-likeness (QED) is 0.570. The zero-order valence-corrected chi connectivity index (χ0v) is 5.58. The summed E-state index contributed by atoms with van der Waals surface area (Å²) in [6.07, 6.45) is 0. The molecule has 1 nitrogen and oxygen atoms in total. The first kappa shape index (κ1) is 6.34. The Morgan fingerprint density at radius 1 is 1.22 bits per heavy atom. The molecule has 0 amide bonds. The Hall–Kier alpha value is -0.785. The molecular weight excluding hydrogens is 111 g/mol. The van der Waals surface area contributed by atoms with E-state index in [0.717, 1.165) is 6.61 Å². The Morgan fingerprint density at radius 3 is 2.44 bits per heavy atom. The first-order chi connectivity index (χ1) is 4.43. The summed E-state index contributed by atoms with van der Waals surface area (Å²) in [5.74, 6) is 4.06. The van der Waals surface area contributed by atoms with Gasteiger partial charge in [0.25, 0.3) is 0 Å². The van der Waals surface area contributed by atoms with Gasteiger partial charge in [0.1, 0.15) is 0 Å². The van der Waals surface area contributed by atoms with Crippen molar-refractivity contribution in [1.29, 1.82) is 0 Å². The predicted octanol–water partition coefficient (Wildman–Crippen LogP) is 1.16. The van der Waals surface area contributed by atoms with Gasteiger partial charge in [-0.2, -0.15) is 0 Å². The SMILES string of the molecule is CCO[b-]1ccccc1. The van der Waals surface area contributed by atoms with Crippen molar-refractivity contribution in [1.82, 2.24) is 0 Å². The second-order valence-corrected chi connectivity index (χ2v) is 1.88. The van der Waals surface area contributed by atoms with Gasteiger partial charge in [0.2, 0.25) is 0 Å². The standard InChI is InChI=1S/C7H10BO/c1-2-9-8-6-4-3-5-7-8/h3-7H,2H2,1H3/q-1. The first-order valence-corrected chi connectivity index (χ1v) is 3.23. The van der Waals surface area contributed by atoms with E-state index < -0.39 is 0 Å². The van der Waals surface area contributed by atoms with E-state index in [1.165, 1.54) is 0 Å². The summed E-state index contributed by atoms with van der Waals surface area (Å²) >= 11 is 0. The van der Waals surface area contributed by atoms with Crippen molar-refractivity contribution in [3.8, 4) is 0 Å². The maximum atomic E-state index is 5.29. The van der Waals surface area contributed by atoms with Crippen LogP contribution in [0.1, 0.15) is 6.92 Å². The average molecular weight is 121 g/mol. The Balaban J connectivity index is 2.61. The maximum absolute atomic E-state index is 5.29. The van der Waals surface area contributed by atoms with E-state index in [2.05, 4.69) is 0 Å². The zero-order chi connectivity index (χ0) is 6.53. The molecule has 0 spiro atoms. The molecule has 1 rings (SSSR count). The fraction of sp³-hybridized carbons (Fsp3) is 0.286. The smallest absolute Gasteiger partial charge is 0.0592 e. The van der Waals surface area contributed by atoms with Crippen LogP contribution in [0.15, 0.2) is 30.1 Å². The van der Waals surface area contributed by atoms with Crippen LogP contribution in [-0.2, 0) is 0 Å². The van der Waals surface area contributed by atoms with Gasteiger partial charge < -0.3 is 4.65 Å². The van der Waals surface area contributed by atoms with Gasteiger partial charge in [-0.3, -0.25) is 0 Å². The summed E-state index contributed by atoms with van der Waals surface area (Å²) in [5, 5.41) is 0. The lowest BCUT2D eigenvalue weighted by Crippen LogP contribution is -2.10. The molecule has 0 bridgehead atoms. The summed E-state index contributed by atoms with van der Waals surface area (Å²) in [4.78, 5) is 0. The van der Waals surface area contributed by atoms with Crippen LogP contribution >= 0.6 is 0 Å².